The standard InChI is InChI=1S/C12H10Cl2Si.2C10H15.Ti/c13-15(14,11-7-3-1-4-8-11)12-9-5-2-6-10-12;2*1-8-5-6-9(7-8)10(2,3)4;/h1-10H;2*7H,6H2,1-4H3;. The Morgan fingerprint density at radius 2 is 0.944 bits per heavy atom. The maximum atomic E-state index is 6.49. The molecule has 0 nitrogen and oxygen atoms in total. The van der Waals surface area contributed by atoms with Gasteiger partial charge in [0.25, 0.3) is 0 Å². The van der Waals surface area contributed by atoms with Gasteiger partial charge in [-0.05, 0) is 10.4 Å². The summed E-state index contributed by atoms with van der Waals surface area (Å²) in [7, 11) is 0. The minimum absolute atomic E-state index is 0.113. The van der Waals surface area contributed by atoms with Gasteiger partial charge in [-0.15, -0.1) is 22.2 Å². The zero-order valence-electron chi connectivity index (χ0n) is 23.1. The van der Waals surface area contributed by atoms with Crippen molar-refractivity contribution in [1.29, 1.82) is 0 Å². The number of allylic oxidation sites excluding steroid dienone is 8. The summed E-state index contributed by atoms with van der Waals surface area (Å²) < 4.78 is 3.52. The van der Waals surface area contributed by atoms with Gasteiger partial charge in [-0.25, -0.2) is 0 Å². The first-order valence-corrected chi connectivity index (χ1v) is 18.4. The van der Waals surface area contributed by atoms with Crippen molar-refractivity contribution in [3.8, 4) is 0 Å². The molecule has 0 N–H and O–H groups in total. The van der Waals surface area contributed by atoms with Crippen LogP contribution >= 0.6 is 22.2 Å². The Balaban J connectivity index is 0.000000212. The Labute approximate surface area is 238 Å². The molecule has 2 aliphatic rings. The molecule has 0 atom stereocenters. The fourth-order valence-corrected chi connectivity index (χ4v) is 9.70. The van der Waals surface area contributed by atoms with E-state index in [9.17, 15) is 0 Å². The zero-order valence-corrected chi connectivity index (χ0v) is 27.2. The Morgan fingerprint density at radius 1 is 0.611 bits per heavy atom. The van der Waals surface area contributed by atoms with Crippen molar-refractivity contribution in [1.82, 2.24) is 0 Å². The van der Waals surface area contributed by atoms with Gasteiger partial charge >= 0.3 is 147 Å². The molecule has 0 saturated heterocycles. The quantitative estimate of drug-likeness (QED) is 0.254. The summed E-state index contributed by atoms with van der Waals surface area (Å²) in [5, 5.41) is 2.05. The molecule has 2 aliphatic carbocycles. The second-order valence-electron chi connectivity index (χ2n) is 11.9. The third-order valence-electron chi connectivity index (χ3n) is 6.97. The van der Waals surface area contributed by atoms with E-state index in [-0.39, 0.29) is 19.2 Å². The molecule has 2 aromatic carbocycles. The Bertz CT molecular complexity index is 1090. The van der Waals surface area contributed by atoms with Gasteiger partial charge in [-0.3, -0.25) is 0 Å². The van der Waals surface area contributed by atoms with E-state index in [1.54, 1.807) is 30.0 Å². The molecular weight excluding hydrogens is 531 g/mol. The Kier molecular flexibility index (Phi) is 9.62. The van der Waals surface area contributed by atoms with Crippen LogP contribution in [0.2, 0.25) is 0 Å². The van der Waals surface area contributed by atoms with Crippen molar-refractivity contribution in [3.63, 3.8) is 0 Å². The van der Waals surface area contributed by atoms with Gasteiger partial charge in [0, 0.05) is 0 Å². The van der Waals surface area contributed by atoms with Crippen LogP contribution in [0, 0.1) is 10.8 Å². The number of halogens is 2. The smallest absolute Gasteiger partial charge is 0.134 e. The molecule has 190 valence electrons. The molecule has 4 heteroatoms. The van der Waals surface area contributed by atoms with Crippen LogP contribution in [0.3, 0.4) is 0 Å². The van der Waals surface area contributed by atoms with E-state index in [2.05, 4.69) is 67.5 Å². The van der Waals surface area contributed by atoms with E-state index in [0.717, 1.165) is 10.4 Å². The molecule has 4 rings (SSSR count). The van der Waals surface area contributed by atoms with Crippen LogP contribution in [0.1, 0.15) is 68.2 Å². The number of benzene rings is 2. The van der Waals surface area contributed by atoms with Gasteiger partial charge in [0.2, 0.25) is 0 Å². The first-order chi connectivity index (χ1) is 16.7. The van der Waals surface area contributed by atoms with Gasteiger partial charge in [-0.2, -0.15) is 0 Å². The van der Waals surface area contributed by atoms with Crippen LogP contribution in [0.4, 0.5) is 0 Å². The van der Waals surface area contributed by atoms with Gasteiger partial charge in [-0.1, -0.05) is 60.7 Å². The average Bonchev–Trinajstić information content (AvgIpc) is 3.38. The van der Waals surface area contributed by atoms with Crippen LogP contribution in [0.25, 0.3) is 0 Å². The van der Waals surface area contributed by atoms with Crippen molar-refractivity contribution in [2.24, 2.45) is 10.8 Å². The minimum Gasteiger partial charge on any atom is -0.134 e. The van der Waals surface area contributed by atoms with E-state index in [1.807, 2.05) is 60.7 Å². The average molecular weight is 572 g/mol. The normalized spacial score (nSPS) is 16.5. The third kappa shape index (κ3) is 7.49. The van der Waals surface area contributed by atoms with E-state index >= 15 is 0 Å². The second-order valence-corrected chi connectivity index (χ2v) is 20.5. The molecular formula is C32H40Cl2SiTi. The summed E-state index contributed by atoms with van der Waals surface area (Å²) >= 11 is 12.9. The molecule has 36 heavy (non-hydrogen) atoms. The molecule has 0 spiro atoms. The van der Waals surface area contributed by atoms with Crippen molar-refractivity contribution in [3.05, 3.63) is 103 Å². The molecule has 0 amide bonds. The molecule has 0 radical (unpaired) electrons. The van der Waals surface area contributed by atoms with Gasteiger partial charge in [0.1, 0.15) is 0 Å². The maximum absolute atomic E-state index is 6.49. The molecule has 0 aliphatic heterocycles. The monoisotopic (exact) mass is 570 g/mol. The van der Waals surface area contributed by atoms with Crippen molar-refractivity contribution < 1.29 is 19.2 Å². The fraction of sp³-hybridized carbons (Fsp3) is 0.375. The summed E-state index contributed by atoms with van der Waals surface area (Å²) in [5.74, 6) is 0. The molecule has 0 bridgehead atoms. The molecule has 0 aromatic heterocycles. The van der Waals surface area contributed by atoms with Crippen LogP contribution in [-0.4, -0.2) is 6.69 Å². The summed E-state index contributed by atoms with van der Waals surface area (Å²) in [5.41, 5.74) is 7.01. The van der Waals surface area contributed by atoms with Gasteiger partial charge in [0.05, 0.1) is 0 Å². The predicted molar refractivity (Wildman–Crippen MR) is 159 cm³/mol. The summed E-state index contributed by atoms with van der Waals surface area (Å²) in [6, 6.07) is 19.7. The van der Waals surface area contributed by atoms with Crippen LogP contribution in [-0.2, 0) is 19.2 Å². The molecule has 2 aromatic rings. The first-order valence-electron chi connectivity index (χ1n) is 12.8. The summed E-state index contributed by atoms with van der Waals surface area (Å²) in [4.78, 5) is 0. The predicted octanol–water partition coefficient (Wildman–Crippen LogP) is 9.09. The molecule has 0 fully saturated rings. The van der Waals surface area contributed by atoms with Crippen molar-refractivity contribution in [2.75, 3.05) is 0 Å². The molecule has 0 heterocycles. The number of rotatable bonds is 4. The number of hydrogen-bond acceptors (Lipinski definition) is 0. The van der Waals surface area contributed by atoms with E-state index in [4.69, 9.17) is 22.2 Å². The summed E-state index contributed by atoms with van der Waals surface area (Å²) in [6.07, 6.45) is 7.39. The van der Waals surface area contributed by atoms with Gasteiger partial charge < -0.3 is 0 Å². The van der Waals surface area contributed by atoms with Crippen LogP contribution < -0.4 is 10.4 Å². The topological polar surface area (TPSA) is 0 Å². The minimum atomic E-state index is -2.51. The van der Waals surface area contributed by atoms with Crippen LogP contribution in [0.5, 0.6) is 0 Å². The van der Waals surface area contributed by atoms with Crippen LogP contribution in [0.15, 0.2) is 103 Å². The maximum Gasteiger partial charge on any atom is 0.310 e. The third-order valence-corrected chi connectivity index (χ3v) is 14.4. The van der Waals surface area contributed by atoms with E-state index < -0.39 is 6.69 Å². The van der Waals surface area contributed by atoms with Crippen molar-refractivity contribution >= 4 is 39.2 Å². The van der Waals surface area contributed by atoms with E-state index in [0.29, 0.717) is 10.8 Å². The van der Waals surface area contributed by atoms with E-state index in [1.165, 1.54) is 12.8 Å². The Morgan fingerprint density at radius 3 is 1.22 bits per heavy atom. The number of hydrogen-bond donors (Lipinski definition) is 0. The fourth-order valence-electron chi connectivity index (χ4n) is 4.35. The van der Waals surface area contributed by atoms with Gasteiger partial charge in [0.15, 0.2) is 0 Å². The first kappa shape index (κ1) is 29.5. The SMILES string of the molecule is CC1=[C]([Ti][C]2=C(C)C=C(C(C)(C)C)C2)CC(C(C)(C)C)=C1.Cl[Si](Cl)(c1ccccc1)c1ccccc1. The summed E-state index contributed by atoms with van der Waals surface area (Å²) in [6.45, 7) is 16.2. The zero-order chi connectivity index (χ0) is 26.7. The van der Waals surface area contributed by atoms with Crippen molar-refractivity contribution in [2.45, 2.75) is 68.2 Å². The molecule has 0 unspecified atom stereocenters. The second kappa shape index (κ2) is 11.7. The Hall–Kier alpha value is -1.09. The molecule has 0 saturated carbocycles. The largest absolute Gasteiger partial charge is 0.310 e.